The average Bonchev–Trinajstić information content (AvgIpc) is 2.45. The Morgan fingerprint density at radius 1 is 1.04 bits per heavy atom. The van der Waals surface area contributed by atoms with E-state index in [0.717, 1.165) is 12.1 Å². The van der Waals surface area contributed by atoms with E-state index in [-0.39, 0.29) is 27.4 Å². The lowest BCUT2D eigenvalue weighted by molar-refractivity contribution is -0.138. The monoisotopic (exact) mass is 444 g/mol. The quantitative estimate of drug-likeness (QED) is 0.495. The molecule has 3 nitrogen and oxygen atoms in total. The SMILES string of the molecule is NC(=S)Nc1cc(Br)c(F)cc1Oc1c(F)cc(C(F)(F)F)cc1F. The molecule has 0 aromatic heterocycles. The highest BCUT2D eigenvalue weighted by Crippen LogP contribution is 2.38. The fourth-order valence-electron chi connectivity index (χ4n) is 1.77. The van der Waals surface area contributed by atoms with Crippen molar-refractivity contribution in [3.05, 3.63) is 51.8 Å². The van der Waals surface area contributed by atoms with Crippen LogP contribution < -0.4 is 15.8 Å². The third-order valence-corrected chi connectivity index (χ3v) is 3.53. The van der Waals surface area contributed by atoms with Gasteiger partial charge in [-0.25, -0.2) is 13.2 Å². The van der Waals surface area contributed by atoms with Crippen molar-refractivity contribution >= 4 is 38.9 Å². The molecule has 25 heavy (non-hydrogen) atoms. The fourth-order valence-corrected chi connectivity index (χ4v) is 2.23. The summed E-state index contributed by atoms with van der Waals surface area (Å²) >= 11 is 7.50. The van der Waals surface area contributed by atoms with E-state index in [1.165, 1.54) is 0 Å². The van der Waals surface area contributed by atoms with Crippen molar-refractivity contribution in [1.29, 1.82) is 0 Å². The molecule has 0 heterocycles. The van der Waals surface area contributed by atoms with Gasteiger partial charge in [0.25, 0.3) is 0 Å². The van der Waals surface area contributed by atoms with Crippen LogP contribution in [0, 0.1) is 17.5 Å². The van der Waals surface area contributed by atoms with E-state index in [0.29, 0.717) is 0 Å². The molecule has 2 rings (SSSR count). The lowest BCUT2D eigenvalue weighted by atomic mass is 10.2. The van der Waals surface area contributed by atoms with Crippen LogP contribution in [0.15, 0.2) is 28.7 Å². The molecule has 0 unspecified atom stereocenters. The summed E-state index contributed by atoms with van der Waals surface area (Å²) < 4.78 is 83.9. The summed E-state index contributed by atoms with van der Waals surface area (Å²) in [5.74, 6) is -5.66. The third kappa shape index (κ3) is 4.54. The molecule has 0 atom stereocenters. The molecule has 0 spiro atoms. The number of nitrogens with two attached hydrogens (primary N) is 1. The highest BCUT2D eigenvalue weighted by Gasteiger charge is 2.33. The first kappa shape index (κ1) is 19.3. The molecule has 0 radical (unpaired) electrons. The van der Waals surface area contributed by atoms with Gasteiger partial charge in [0.15, 0.2) is 28.2 Å². The molecule has 2 aromatic carbocycles. The second-order valence-electron chi connectivity index (χ2n) is 4.62. The van der Waals surface area contributed by atoms with Crippen molar-refractivity contribution < 1.29 is 31.1 Å². The highest BCUT2D eigenvalue weighted by atomic mass is 79.9. The minimum Gasteiger partial charge on any atom is -0.449 e. The molecule has 0 saturated carbocycles. The summed E-state index contributed by atoms with van der Waals surface area (Å²) in [5, 5.41) is 2.15. The first-order valence-electron chi connectivity index (χ1n) is 6.28. The van der Waals surface area contributed by atoms with Crippen LogP contribution in [0.2, 0.25) is 0 Å². The second-order valence-corrected chi connectivity index (χ2v) is 5.91. The van der Waals surface area contributed by atoms with Crippen LogP contribution in [0.5, 0.6) is 11.5 Å². The average molecular weight is 445 g/mol. The Balaban J connectivity index is 2.49. The molecule has 3 N–H and O–H groups in total. The number of ether oxygens (including phenoxy) is 1. The van der Waals surface area contributed by atoms with E-state index >= 15 is 0 Å². The van der Waals surface area contributed by atoms with Crippen molar-refractivity contribution in [3.8, 4) is 11.5 Å². The van der Waals surface area contributed by atoms with Crippen LogP contribution >= 0.6 is 28.1 Å². The molecule has 0 saturated heterocycles. The Morgan fingerprint density at radius 2 is 1.60 bits per heavy atom. The van der Waals surface area contributed by atoms with E-state index in [1.807, 2.05) is 0 Å². The van der Waals surface area contributed by atoms with Crippen molar-refractivity contribution in [2.75, 3.05) is 5.32 Å². The zero-order chi connectivity index (χ0) is 18.9. The van der Waals surface area contributed by atoms with Crippen molar-refractivity contribution in [3.63, 3.8) is 0 Å². The van der Waals surface area contributed by atoms with Gasteiger partial charge < -0.3 is 15.8 Å². The molecule has 0 aliphatic rings. The minimum atomic E-state index is -4.94. The lowest BCUT2D eigenvalue weighted by Crippen LogP contribution is -2.19. The van der Waals surface area contributed by atoms with Crippen molar-refractivity contribution in [2.24, 2.45) is 5.73 Å². The first-order valence-corrected chi connectivity index (χ1v) is 7.48. The number of anilines is 1. The van der Waals surface area contributed by atoms with E-state index in [2.05, 4.69) is 33.5 Å². The zero-order valence-corrected chi connectivity index (χ0v) is 14.3. The molecule has 0 aliphatic carbocycles. The maximum atomic E-state index is 13.9. The number of hydrogen-bond donors (Lipinski definition) is 2. The zero-order valence-electron chi connectivity index (χ0n) is 11.8. The Labute approximate surface area is 150 Å². The predicted octanol–water partition coefficient (Wildman–Crippen LogP) is 5.33. The van der Waals surface area contributed by atoms with Gasteiger partial charge in [-0.15, -0.1) is 0 Å². The van der Waals surface area contributed by atoms with Crippen molar-refractivity contribution in [2.45, 2.75) is 6.18 Å². The first-order chi connectivity index (χ1) is 11.5. The minimum absolute atomic E-state index is 0.0352. The van der Waals surface area contributed by atoms with Crippen LogP contribution in [0.3, 0.4) is 0 Å². The number of benzene rings is 2. The van der Waals surface area contributed by atoms with E-state index in [1.54, 1.807) is 0 Å². The number of rotatable bonds is 3. The third-order valence-electron chi connectivity index (χ3n) is 2.82. The maximum absolute atomic E-state index is 13.9. The van der Waals surface area contributed by atoms with Crippen LogP contribution in [-0.2, 0) is 6.18 Å². The maximum Gasteiger partial charge on any atom is 0.416 e. The number of halogens is 7. The van der Waals surface area contributed by atoms with Gasteiger partial charge in [-0.2, -0.15) is 13.2 Å². The summed E-state index contributed by atoms with van der Waals surface area (Å²) in [6.07, 6.45) is -4.94. The van der Waals surface area contributed by atoms with Gasteiger partial charge in [0.1, 0.15) is 5.82 Å². The van der Waals surface area contributed by atoms with Crippen LogP contribution in [-0.4, -0.2) is 5.11 Å². The van der Waals surface area contributed by atoms with Gasteiger partial charge in [-0.1, -0.05) is 0 Å². The predicted molar refractivity (Wildman–Crippen MR) is 85.9 cm³/mol. The topological polar surface area (TPSA) is 47.3 Å². The van der Waals surface area contributed by atoms with Gasteiger partial charge in [0, 0.05) is 6.07 Å². The summed E-state index contributed by atoms with van der Waals surface area (Å²) in [6, 6.07) is 2.01. The van der Waals surface area contributed by atoms with E-state index in [9.17, 15) is 26.3 Å². The smallest absolute Gasteiger partial charge is 0.416 e. The largest absolute Gasteiger partial charge is 0.449 e. The van der Waals surface area contributed by atoms with Gasteiger partial charge in [0.2, 0.25) is 0 Å². The number of hydrogen-bond acceptors (Lipinski definition) is 2. The number of thiocarbonyl (C=S) groups is 1. The molecule has 0 fully saturated rings. The van der Waals surface area contributed by atoms with Gasteiger partial charge in [-0.3, -0.25) is 0 Å². The Kier molecular flexibility index (Phi) is 5.47. The van der Waals surface area contributed by atoms with E-state index in [4.69, 9.17) is 10.5 Å². The molecular weight excluding hydrogens is 438 g/mol. The summed E-state index contributed by atoms with van der Waals surface area (Å²) in [6.45, 7) is 0. The molecule has 0 aliphatic heterocycles. The summed E-state index contributed by atoms with van der Waals surface area (Å²) in [5.41, 5.74) is 3.70. The summed E-state index contributed by atoms with van der Waals surface area (Å²) in [7, 11) is 0. The van der Waals surface area contributed by atoms with E-state index < -0.39 is 40.7 Å². The number of alkyl halides is 3. The van der Waals surface area contributed by atoms with Crippen LogP contribution in [0.4, 0.5) is 32.0 Å². The Morgan fingerprint density at radius 3 is 2.08 bits per heavy atom. The normalized spacial score (nSPS) is 11.3. The molecule has 11 heteroatoms. The lowest BCUT2D eigenvalue weighted by Gasteiger charge is -2.15. The molecule has 2 aromatic rings. The molecule has 0 amide bonds. The van der Waals surface area contributed by atoms with Gasteiger partial charge in [-0.05, 0) is 46.3 Å². The molecule has 0 bridgehead atoms. The van der Waals surface area contributed by atoms with Crippen LogP contribution in [0.25, 0.3) is 0 Å². The fraction of sp³-hybridized carbons (Fsp3) is 0.0714. The van der Waals surface area contributed by atoms with Crippen LogP contribution in [0.1, 0.15) is 5.56 Å². The Hall–Kier alpha value is -2.01. The van der Waals surface area contributed by atoms with Gasteiger partial charge >= 0.3 is 6.18 Å². The number of nitrogens with one attached hydrogen (secondary N) is 1. The Bertz CT molecular complexity index is 820. The molecular formula is C14H7BrF6N2OS. The highest BCUT2D eigenvalue weighted by molar-refractivity contribution is 9.10. The van der Waals surface area contributed by atoms with Crippen molar-refractivity contribution in [1.82, 2.24) is 0 Å². The second kappa shape index (κ2) is 7.08. The standard InChI is InChI=1S/C14H7BrF6N2OS/c15-6-3-10(23-13(22)25)11(4-7(6)16)24-12-8(17)1-5(2-9(12)18)14(19,20)21/h1-4H,(H3,22,23,25). The van der Waals surface area contributed by atoms with Gasteiger partial charge in [0.05, 0.1) is 15.7 Å². The summed E-state index contributed by atoms with van der Waals surface area (Å²) in [4.78, 5) is 0. The molecule has 134 valence electrons.